The third-order valence-electron chi connectivity index (χ3n) is 2.30. The van der Waals surface area contributed by atoms with Crippen molar-refractivity contribution < 1.29 is 9.90 Å². The average molecular weight is 217 g/mol. The minimum absolute atomic E-state index is 0.241. The Bertz CT molecular complexity index is 519. The van der Waals surface area contributed by atoms with Crippen LogP contribution >= 0.6 is 0 Å². The van der Waals surface area contributed by atoms with Crippen LogP contribution in [0.4, 0.5) is 0 Å². The highest BCUT2D eigenvalue weighted by molar-refractivity contribution is 5.95. The van der Waals surface area contributed by atoms with Crippen molar-refractivity contribution in [3.8, 4) is 11.3 Å². The van der Waals surface area contributed by atoms with Gasteiger partial charge < -0.3 is 5.11 Å². The fraction of sp³-hybridized carbons (Fsp3) is 0.182. The van der Waals surface area contributed by atoms with Gasteiger partial charge in [-0.1, -0.05) is 23.4 Å². The first-order valence-corrected chi connectivity index (χ1v) is 4.95. The Morgan fingerprint density at radius 2 is 2.19 bits per heavy atom. The number of benzene rings is 1. The zero-order valence-electron chi connectivity index (χ0n) is 8.79. The first-order valence-electron chi connectivity index (χ1n) is 4.95. The third kappa shape index (κ3) is 1.79. The van der Waals surface area contributed by atoms with E-state index in [1.54, 1.807) is 35.1 Å². The standard InChI is InChI=1S/C11H11N3O2/c1-2-14-7-10(12-13-14)8-5-3-4-6-9(8)11(15)16/h3-7H,2H2,1H3,(H,15,16). The maximum atomic E-state index is 11.0. The Kier molecular flexibility index (Phi) is 2.68. The molecule has 5 nitrogen and oxygen atoms in total. The van der Waals surface area contributed by atoms with Crippen LogP contribution in [0.3, 0.4) is 0 Å². The van der Waals surface area contributed by atoms with E-state index in [0.717, 1.165) is 0 Å². The van der Waals surface area contributed by atoms with Crippen LogP contribution in [0.2, 0.25) is 0 Å². The number of hydrogen-bond acceptors (Lipinski definition) is 3. The molecule has 1 aromatic heterocycles. The second kappa shape index (κ2) is 4.14. The van der Waals surface area contributed by atoms with Crippen LogP contribution in [0.25, 0.3) is 11.3 Å². The second-order valence-corrected chi connectivity index (χ2v) is 3.31. The molecule has 2 aromatic rings. The minimum atomic E-state index is -0.957. The Hall–Kier alpha value is -2.17. The van der Waals surface area contributed by atoms with E-state index in [1.165, 1.54) is 0 Å². The highest BCUT2D eigenvalue weighted by Crippen LogP contribution is 2.20. The largest absolute Gasteiger partial charge is 0.478 e. The lowest BCUT2D eigenvalue weighted by molar-refractivity contribution is 0.0697. The molecule has 0 aliphatic carbocycles. The quantitative estimate of drug-likeness (QED) is 0.849. The highest BCUT2D eigenvalue weighted by atomic mass is 16.4. The Morgan fingerprint density at radius 3 is 2.81 bits per heavy atom. The first-order chi connectivity index (χ1) is 7.72. The molecule has 0 amide bonds. The van der Waals surface area contributed by atoms with Crippen LogP contribution in [0, 0.1) is 0 Å². The number of hydrogen-bond donors (Lipinski definition) is 1. The molecule has 0 fully saturated rings. The van der Waals surface area contributed by atoms with Gasteiger partial charge in [-0.15, -0.1) is 5.10 Å². The lowest BCUT2D eigenvalue weighted by Crippen LogP contribution is -1.99. The molecule has 0 bridgehead atoms. The average Bonchev–Trinajstić information content (AvgIpc) is 2.77. The van der Waals surface area contributed by atoms with E-state index in [1.807, 2.05) is 6.92 Å². The maximum absolute atomic E-state index is 11.0. The predicted molar refractivity (Wildman–Crippen MR) is 58.1 cm³/mol. The summed E-state index contributed by atoms with van der Waals surface area (Å²) in [5.74, 6) is -0.957. The summed E-state index contributed by atoms with van der Waals surface area (Å²) in [6.07, 6.45) is 1.74. The van der Waals surface area contributed by atoms with Crippen LogP contribution in [0.5, 0.6) is 0 Å². The topological polar surface area (TPSA) is 68.0 Å². The van der Waals surface area contributed by atoms with Gasteiger partial charge in [-0.25, -0.2) is 4.79 Å². The molecule has 0 spiro atoms. The predicted octanol–water partition coefficient (Wildman–Crippen LogP) is 1.66. The van der Waals surface area contributed by atoms with Gasteiger partial charge in [-0.2, -0.15) is 0 Å². The molecule has 1 heterocycles. The van der Waals surface area contributed by atoms with Crippen LogP contribution in [-0.4, -0.2) is 26.1 Å². The van der Waals surface area contributed by atoms with Gasteiger partial charge in [0.2, 0.25) is 0 Å². The van der Waals surface area contributed by atoms with Crippen LogP contribution in [0.15, 0.2) is 30.5 Å². The summed E-state index contributed by atoms with van der Waals surface area (Å²) in [6.45, 7) is 2.66. The van der Waals surface area contributed by atoms with Gasteiger partial charge in [0.1, 0.15) is 5.69 Å². The van der Waals surface area contributed by atoms with Crippen LogP contribution < -0.4 is 0 Å². The summed E-state index contributed by atoms with van der Waals surface area (Å²) in [5, 5.41) is 16.9. The summed E-state index contributed by atoms with van der Waals surface area (Å²) in [5.41, 5.74) is 1.42. The smallest absolute Gasteiger partial charge is 0.336 e. The zero-order valence-corrected chi connectivity index (χ0v) is 8.79. The monoisotopic (exact) mass is 217 g/mol. The van der Waals surface area contributed by atoms with E-state index in [-0.39, 0.29) is 5.56 Å². The van der Waals surface area contributed by atoms with Crippen LogP contribution in [0.1, 0.15) is 17.3 Å². The van der Waals surface area contributed by atoms with Gasteiger partial charge in [0.25, 0.3) is 0 Å². The SMILES string of the molecule is CCn1cc(-c2ccccc2C(=O)O)nn1. The molecule has 0 aliphatic heterocycles. The van der Waals surface area contributed by atoms with Crippen molar-refractivity contribution in [1.29, 1.82) is 0 Å². The second-order valence-electron chi connectivity index (χ2n) is 3.31. The number of carbonyl (C=O) groups is 1. The number of aromatic nitrogens is 3. The molecule has 0 saturated carbocycles. The summed E-state index contributed by atoms with van der Waals surface area (Å²) in [4.78, 5) is 11.0. The number of carboxylic acid groups (broad SMARTS) is 1. The molecular formula is C11H11N3O2. The molecule has 0 radical (unpaired) electrons. The molecule has 5 heteroatoms. The molecule has 0 aliphatic rings. The van der Waals surface area contributed by atoms with Crippen molar-refractivity contribution in [2.45, 2.75) is 13.5 Å². The molecule has 1 N–H and O–H groups in total. The Balaban J connectivity index is 2.50. The van der Waals surface area contributed by atoms with Gasteiger partial charge in [0, 0.05) is 12.1 Å². The molecule has 1 aromatic carbocycles. The first kappa shape index (κ1) is 10.4. The molecule has 82 valence electrons. The number of carboxylic acids is 1. The highest BCUT2D eigenvalue weighted by Gasteiger charge is 2.13. The van der Waals surface area contributed by atoms with Crippen molar-refractivity contribution in [2.75, 3.05) is 0 Å². The Morgan fingerprint density at radius 1 is 1.44 bits per heavy atom. The van der Waals surface area contributed by atoms with E-state index in [2.05, 4.69) is 10.3 Å². The van der Waals surface area contributed by atoms with Crippen molar-refractivity contribution in [3.63, 3.8) is 0 Å². The number of nitrogens with zero attached hydrogens (tertiary/aromatic N) is 3. The Labute approximate surface area is 92.3 Å². The van der Waals surface area contributed by atoms with E-state index < -0.39 is 5.97 Å². The van der Waals surface area contributed by atoms with Crippen molar-refractivity contribution in [1.82, 2.24) is 15.0 Å². The summed E-state index contributed by atoms with van der Waals surface area (Å²) in [6, 6.07) is 6.76. The summed E-state index contributed by atoms with van der Waals surface area (Å²) in [7, 11) is 0. The van der Waals surface area contributed by atoms with Crippen LogP contribution in [-0.2, 0) is 6.54 Å². The van der Waals surface area contributed by atoms with Gasteiger partial charge in [-0.3, -0.25) is 4.68 Å². The molecule has 16 heavy (non-hydrogen) atoms. The van der Waals surface area contributed by atoms with Crippen molar-refractivity contribution >= 4 is 5.97 Å². The molecular weight excluding hydrogens is 206 g/mol. The van der Waals surface area contributed by atoms with Gasteiger partial charge in [-0.05, 0) is 13.0 Å². The van der Waals surface area contributed by atoms with Crippen molar-refractivity contribution in [3.05, 3.63) is 36.0 Å². The number of aromatic carboxylic acids is 1. The van der Waals surface area contributed by atoms with Gasteiger partial charge in [0.15, 0.2) is 0 Å². The number of aryl methyl sites for hydroxylation is 1. The lowest BCUT2D eigenvalue weighted by Gasteiger charge is -2.00. The van der Waals surface area contributed by atoms with E-state index in [4.69, 9.17) is 5.11 Å². The van der Waals surface area contributed by atoms with E-state index in [9.17, 15) is 4.79 Å². The summed E-state index contributed by atoms with van der Waals surface area (Å²) >= 11 is 0. The summed E-state index contributed by atoms with van der Waals surface area (Å²) < 4.78 is 1.66. The van der Waals surface area contributed by atoms with E-state index in [0.29, 0.717) is 17.8 Å². The lowest BCUT2D eigenvalue weighted by atomic mass is 10.1. The normalized spacial score (nSPS) is 10.3. The van der Waals surface area contributed by atoms with Gasteiger partial charge in [0.05, 0.1) is 11.8 Å². The van der Waals surface area contributed by atoms with E-state index >= 15 is 0 Å². The fourth-order valence-electron chi connectivity index (χ4n) is 1.47. The number of rotatable bonds is 3. The fourth-order valence-corrected chi connectivity index (χ4v) is 1.47. The molecule has 2 rings (SSSR count). The minimum Gasteiger partial charge on any atom is -0.478 e. The molecule has 0 saturated heterocycles. The molecule has 0 atom stereocenters. The maximum Gasteiger partial charge on any atom is 0.336 e. The van der Waals surface area contributed by atoms with Crippen molar-refractivity contribution in [2.24, 2.45) is 0 Å². The zero-order chi connectivity index (χ0) is 11.5. The third-order valence-corrected chi connectivity index (χ3v) is 2.30. The van der Waals surface area contributed by atoms with Gasteiger partial charge >= 0.3 is 5.97 Å². The molecule has 0 unspecified atom stereocenters.